The second-order valence-electron chi connectivity index (χ2n) is 6.59. The van der Waals surface area contributed by atoms with Crippen molar-refractivity contribution < 1.29 is 23.1 Å². The number of benzene rings is 1. The molecular formula is C20H21F2N3O3. The third kappa shape index (κ3) is 4.44. The first kappa shape index (κ1) is 19.7. The van der Waals surface area contributed by atoms with E-state index in [0.29, 0.717) is 25.9 Å². The molecule has 8 heteroatoms. The summed E-state index contributed by atoms with van der Waals surface area (Å²) in [6.07, 6.45) is 4.53. The van der Waals surface area contributed by atoms with E-state index in [1.807, 2.05) is 6.07 Å². The number of halogens is 2. The number of rotatable bonds is 6. The molecule has 1 aliphatic heterocycles. The van der Waals surface area contributed by atoms with Gasteiger partial charge in [-0.1, -0.05) is 18.2 Å². The number of likely N-dealkylation sites (tertiary alicyclic amines) is 1. The lowest BCUT2D eigenvalue weighted by atomic mass is 10.1. The summed E-state index contributed by atoms with van der Waals surface area (Å²) in [5.74, 6) is -0.867. The molecule has 0 N–H and O–H groups in total. The number of carbonyl (C=O) groups excluding carboxylic acids is 2. The lowest BCUT2D eigenvalue weighted by molar-refractivity contribution is -0.134. The number of pyridine rings is 1. The Morgan fingerprint density at radius 2 is 2.07 bits per heavy atom. The first-order valence-corrected chi connectivity index (χ1v) is 8.96. The zero-order chi connectivity index (χ0) is 20.1. The predicted octanol–water partition coefficient (Wildman–Crippen LogP) is 2.95. The van der Waals surface area contributed by atoms with E-state index in [2.05, 4.69) is 9.72 Å². The zero-order valence-electron chi connectivity index (χ0n) is 15.4. The Balaban J connectivity index is 1.75. The van der Waals surface area contributed by atoms with E-state index in [9.17, 15) is 18.4 Å². The van der Waals surface area contributed by atoms with E-state index in [1.54, 1.807) is 36.5 Å². The maximum Gasteiger partial charge on any atom is 0.387 e. The number of alkyl halides is 2. The van der Waals surface area contributed by atoms with Gasteiger partial charge in [0, 0.05) is 32.5 Å². The first-order chi connectivity index (χ1) is 13.5. The van der Waals surface area contributed by atoms with Crippen LogP contribution in [0, 0.1) is 0 Å². The number of hydrogen-bond donors (Lipinski definition) is 0. The van der Waals surface area contributed by atoms with Crippen molar-refractivity contribution in [2.45, 2.75) is 32.0 Å². The number of amides is 2. The summed E-state index contributed by atoms with van der Waals surface area (Å²) in [4.78, 5) is 32.9. The topological polar surface area (TPSA) is 62.7 Å². The Kier molecular flexibility index (Phi) is 6.18. The molecule has 2 heterocycles. The van der Waals surface area contributed by atoms with Gasteiger partial charge in [0.05, 0.1) is 5.56 Å². The van der Waals surface area contributed by atoms with Crippen LogP contribution in [0.5, 0.6) is 5.75 Å². The fourth-order valence-electron chi connectivity index (χ4n) is 3.36. The lowest BCUT2D eigenvalue weighted by Crippen LogP contribution is -2.46. The molecule has 1 fully saturated rings. The molecule has 3 rings (SSSR count). The van der Waals surface area contributed by atoms with Crippen molar-refractivity contribution in [1.29, 1.82) is 0 Å². The van der Waals surface area contributed by atoms with Crippen molar-refractivity contribution in [2.75, 3.05) is 13.6 Å². The highest BCUT2D eigenvalue weighted by Crippen LogP contribution is 2.27. The van der Waals surface area contributed by atoms with Crippen LogP contribution in [-0.4, -0.2) is 52.8 Å². The monoisotopic (exact) mass is 389 g/mol. The summed E-state index contributed by atoms with van der Waals surface area (Å²) in [7, 11) is 1.67. The van der Waals surface area contributed by atoms with Crippen LogP contribution < -0.4 is 4.74 Å². The van der Waals surface area contributed by atoms with Gasteiger partial charge in [-0.2, -0.15) is 8.78 Å². The van der Waals surface area contributed by atoms with Crippen molar-refractivity contribution in [3.05, 3.63) is 59.9 Å². The molecule has 1 saturated heterocycles. The molecule has 0 saturated carbocycles. The molecule has 2 aromatic rings. The molecule has 148 valence electrons. The van der Waals surface area contributed by atoms with Crippen LogP contribution in [-0.2, 0) is 11.3 Å². The van der Waals surface area contributed by atoms with Crippen LogP contribution in [0.25, 0.3) is 0 Å². The smallest absolute Gasteiger partial charge is 0.387 e. The molecule has 1 aliphatic rings. The van der Waals surface area contributed by atoms with Crippen LogP contribution in [0.15, 0.2) is 48.8 Å². The van der Waals surface area contributed by atoms with Crippen LogP contribution in [0.4, 0.5) is 8.78 Å². The van der Waals surface area contributed by atoms with Gasteiger partial charge in [-0.25, -0.2) is 0 Å². The highest BCUT2D eigenvalue weighted by Gasteiger charge is 2.37. The van der Waals surface area contributed by atoms with E-state index in [4.69, 9.17) is 0 Å². The van der Waals surface area contributed by atoms with E-state index in [0.717, 1.165) is 5.56 Å². The quantitative estimate of drug-likeness (QED) is 0.762. The summed E-state index contributed by atoms with van der Waals surface area (Å²) in [6.45, 7) is -2.27. The van der Waals surface area contributed by atoms with E-state index in [-0.39, 0.29) is 17.2 Å². The van der Waals surface area contributed by atoms with Gasteiger partial charge in [-0.3, -0.25) is 14.6 Å². The fraction of sp³-hybridized carbons (Fsp3) is 0.350. The van der Waals surface area contributed by atoms with Gasteiger partial charge >= 0.3 is 6.61 Å². The summed E-state index contributed by atoms with van der Waals surface area (Å²) >= 11 is 0. The van der Waals surface area contributed by atoms with Gasteiger partial charge < -0.3 is 14.5 Å². The standard InChI is InChI=1S/C20H21F2N3O3/c1-24(13-14-6-4-10-23-12-14)19(27)16-8-5-11-25(16)18(26)15-7-2-3-9-17(15)28-20(21)22/h2-4,6-7,9-10,12,16,20H,5,8,11,13H2,1H3. The summed E-state index contributed by atoms with van der Waals surface area (Å²) in [6, 6.07) is 8.87. The van der Waals surface area contributed by atoms with Crippen molar-refractivity contribution in [3.63, 3.8) is 0 Å². The van der Waals surface area contributed by atoms with Gasteiger partial charge in [-0.05, 0) is 36.6 Å². The fourth-order valence-corrected chi connectivity index (χ4v) is 3.36. The molecule has 6 nitrogen and oxygen atoms in total. The van der Waals surface area contributed by atoms with Crippen molar-refractivity contribution in [2.24, 2.45) is 0 Å². The first-order valence-electron chi connectivity index (χ1n) is 8.96. The average Bonchev–Trinajstić information content (AvgIpc) is 3.17. The molecule has 28 heavy (non-hydrogen) atoms. The zero-order valence-corrected chi connectivity index (χ0v) is 15.4. The second kappa shape index (κ2) is 8.77. The number of nitrogens with zero attached hydrogens (tertiary/aromatic N) is 3. The Morgan fingerprint density at radius 3 is 2.79 bits per heavy atom. The third-order valence-corrected chi connectivity index (χ3v) is 4.65. The molecule has 1 atom stereocenters. The van der Waals surface area contributed by atoms with E-state index in [1.165, 1.54) is 23.1 Å². The highest BCUT2D eigenvalue weighted by molar-refractivity contribution is 6.00. The van der Waals surface area contributed by atoms with Gasteiger partial charge in [0.15, 0.2) is 0 Å². The van der Waals surface area contributed by atoms with Crippen molar-refractivity contribution in [3.8, 4) is 5.75 Å². The number of ether oxygens (including phenoxy) is 1. The molecule has 0 aliphatic carbocycles. The minimum atomic E-state index is -3.03. The third-order valence-electron chi connectivity index (χ3n) is 4.65. The van der Waals surface area contributed by atoms with Gasteiger partial charge in [-0.15, -0.1) is 0 Å². The molecule has 1 unspecified atom stereocenters. The maximum atomic E-state index is 13.0. The Morgan fingerprint density at radius 1 is 1.29 bits per heavy atom. The predicted molar refractivity (Wildman–Crippen MR) is 97.8 cm³/mol. The second-order valence-corrected chi connectivity index (χ2v) is 6.59. The SMILES string of the molecule is CN(Cc1cccnc1)C(=O)C1CCCN1C(=O)c1ccccc1OC(F)F. The van der Waals surface area contributed by atoms with Crippen LogP contribution >= 0.6 is 0 Å². The van der Waals surface area contributed by atoms with E-state index < -0.39 is 18.6 Å². The van der Waals surface area contributed by atoms with Crippen molar-refractivity contribution >= 4 is 11.8 Å². The van der Waals surface area contributed by atoms with Gasteiger partial charge in [0.25, 0.3) is 5.91 Å². The number of carbonyl (C=O) groups is 2. The number of aromatic nitrogens is 1. The Bertz CT molecular complexity index is 832. The summed E-state index contributed by atoms with van der Waals surface area (Å²) in [5, 5.41) is 0. The molecule has 2 amide bonds. The molecular weight excluding hydrogens is 368 g/mol. The molecule has 1 aromatic carbocycles. The number of hydrogen-bond acceptors (Lipinski definition) is 4. The average molecular weight is 389 g/mol. The lowest BCUT2D eigenvalue weighted by Gasteiger charge is -2.28. The van der Waals surface area contributed by atoms with Gasteiger partial charge in [0.2, 0.25) is 5.91 Å². The van der Waals surface area contributed by atoms with Crippen LogP contribution in [0.2, 0.25) is 0 Å². The van der Waals surface area contributed by atoms with Crippen LogP contribution in [0.3, 0.4) is 0 Å². The minimum absolute atomic E-state index is 0.0254. The Labute approximate surface area is 161 Å². The molecule has 0 radical (unpaired) electrons. The van der Waals surface area contributed by atoms with Crippen LogP contribution in [0.1, 0.15) is 28.8 Å². The summed E-state index contributed by atoms with van der Waals surface area (Å²) < 4.78 is 29.8. The van der Waals surface area contributed by atoms with Gasteiger partial charge in [0.1, 0.15) is 11.8 Å². The molecule has 1 aromatic heterocycles. The van der Waals surface area contributed by atoms with E-state index >= 15 is 0 Å². The minimum Gasteiger partial charge on any atom is -0.434 e. The number of para-hydroxylation sites is 1. The molecule has 0 spiro atoms. The normalized spacial score (nSPS) is 16.3. The molecule has 0 bridgehead atoms. The highest BCUT2D eigenvalue weighted by atomic mass is 19.3. The maximum absolute atomic E-state index is 13.0. The Hall–Kier alpha value is -3.03. The van der Waals surface area contributed by atoms with Crippen molar-refractivity contribution in [1.82, 2.24) is 14.8 Å². The summed E-state index contributed by atoms with van der Waals surface area (Å²) in [5.41, 5.74) is 0.905. The largest absolute Gasteiger partial charge is 0.434 e. The number of likely N-dealkylation sites (N-methyl/N-ethyl adjacent to an activating group) is 1.